The maximum absolute atomic E-state index is 13.1. The van der Waals surface area contributed by atoms with E-state index in [2.05, 4.69) is 4.98 Å². The average Bonchev–Trinajstić information content (AvgIpc) is 2.67. The molecule has 0 bridgehead atoms. The molecule has 0 unspecified atom stereocenters. The molecule has 3 aromatic rings. The van der Waals surface area contributed by atoms with E-state index < -0.39 is 34.9 Å². The van der Waals surface area contributed by atoms with E-state index in [0.29, 0.717) is 4.57 Å². The lowest BCUT2D eigenvalue weighted by Gasteiger charge is -2.19. The van der Waals surface area contributed by atoms with Crippen LogP contribution < -0.4 is 15.4 Å². The van der Waals surface area contributed by atoms with E-state index in [1.165, 1.54) is 24.5 Å². The summed E-state index contributed by atoms with van der Waals surface area (Å²) in [5, 5.41) is 12.7. The minimum absolute atomic E-state index is 0.202. The largest absolute Gasteiger partial charge is 0.859 e. The summed E-state index contributed by atoms with van der Waals surface area (Å²) >= 11 is 0. The number of hydrogen-bond acceptors (Lipinski definition) is 4. The number of alkyl halides is 3. The second-order valence-corrected chi connectivity index (χ2v) is 5.90. The van der Waals surface area contributed by atoms with Crippen LogP contribution in [0.15, 0.2) is 65.7 Å². The highest BCUT2D eigenvalue weighted by atomic mass is 19.4. The van der Waals surface area contributed by atoms with Crippen LogP contribution in [-0.2, 0) is 13.0 Å². The van der Waals surface area contributed by atoms with Crippen molar-refractivity contribution in [3.05, 3.63) is 82.5 Å². The van der Waals surface area contributed by atoms with Crippen molar-refractivity contribution in [2.24, 2.45) is 0 Å². The highest BCUT2D eigenvalue weighted by Gasteiger charge is 2.44. The van der Waals surface area contributed by atoms with E-state index in [0.717, 1.165) is 10.1 Å². The molecule has 0 saturated heterocycles. The molecule has 0 aliphatic carbocycles. The van der Waals surface area contributed by atoms with E-state index in [4.69, 9.17) is 0 Å². The van der Waals surface area contributed by atoms with Gasteiger partial charge in [0.15, 0.2) is 0 Å². The third kappa shape index (κ3) is 3.93. The zero-order valence-corrected chi connectivity index (χ0v) is 14.4. The molecule has 6 nitrogen and oxygen atoms in total. The highest BCUT2D eigenvalue weighted by molar-refractivity contribution is 6.03. The van der Waals surface area contributed by atoms with Crippen LogP contribution in [0.4, 0.5) is 13.2 Å². The number of aryl methyl sites for hydroxylation is 1. The highest BCUT2D eigenvalue weighted by Crippen LogP contribution is 2.27. The molecule has 1 aromatic carbocycles. The third-order valence-electron chi connectivity index (χ3n) is 4.03. The normalized spacial score (nSPS) is 11.4. The van der Waals surface area contributed by atoms with Crippen molar-refractivity contribution in [2.45, 2.75) is 19.1 Å². The third-order valence-corrected chi connectivity index (χ3v) is 4.03. The van der Waals surface area contributed by atoms with Crippen molar-refractivity contribution in [2.75, 3.05) is 0 Å². The van der Waals surface area contributed by atoms with Crippen molar-refractivity contribution < 1.29 is 27.6 Å². The molecule has 0 amide bonds. The molecule has 2 aromatic heterocycles. The SMILES string of the molecule is O=C(c1c(-[n+]2ccccc2)nc(=O)n(CCc2ccccc2)c1[O-])C(F)(F)F. The van der Waals surface area contributed by atoms with Gasteiger partial charge in [-0.1, -0.05) is 36.4 Å². The summed E-state index contributed by atoms with van der Waals surface area (Å²) in [5.41, 5.74) is -1.43. The van der Waals surface area contributed by atoms with Crippen molar-refractivity contribution in [1.29, 1.82) is 0 Å². The molecule has 9 heteroatoms. The van der Waals surface area contributed by atoms with E-state index in [1.807, 2.05) is 0 Å². The van der Waals surface area contributed by atoms with Gasteiger partial charge in [-0.25, -0.2) is 9.36 Å². The van der Waals surface area contributed by atoms with E-state index >= 15 is 0 Å². The number of Topliss-reactive ketones (excluding diaryl/α,β-unsaturated/α-hetero) is 1. The number of pyridine rings is 1. The van der Waals surface area contributed by atoms with E-state index in [9.17, 15) is 27.9 Å². The molecule has 0 fully saturated rings. The summed E-state index contributed by atoms with van der Waals surface area (Å²) < 4.78 is 40.8. The van der Waals surface area contributed by atoms with Crippen LogP contribution in [0.3, 0.4) is 0 Å². The molecular weight excluding hydrogens is 375 g/mol. The minimum Gasteiger partial charge on any atom is -0.859 e. The molecule has 3 rings (SSSR count). The lowest BCUT2D eigenvalue weighted by atomic mass is 10.1. The van der Waals surface area contributed by atoms with Crippen molar-refractivity contribution in [3.8, 4) is 11.7 Å². The Morgan fingerprint density at radius 2 is 1.68 bits per heavy atom. The van der Waals surface area contributed by atoms with Crippen molar-refractivity contribution in [3.63, 3.8) is 0 Å². The molecule has 0 N–H and O–H groups in total. The van der Waals surface area contributed by atoms with Gasteiger partial charge in [0.2, 0.25) is 0 Å². The number of carbonyl (C=O) groups excluding carboxylic acids is 1. The first-order chi connectivity index (χ1) is 13.3. The molecule has 0 aliphatic rings. The topological polar surface area (TPSA) is 78.9 Å². The first kappa shape index (κ1) is 19.3. The predicted octanol–water partition coefficient (Wildman–Crippen LogP) is 1.58. The maximum Gasteiger partial charge on any atom is 0.456 e. The Kier molecular flexibility index (Phi) is 5.25. The summed E-state index contributed by atoms with van der Waals surface area (Å²) in [4.78, 5) is 27.9. The fourth-order valence-corrected chi connectivity index (χ4v) is 2.67. The van der Waals surface area contributed by atoms with Crippen LogP contribution in [-0.4, -0.2) is 21.5 Å². The predicted molar refractivity (Wildman–Crippen MR) is 90.0 cm³/mol. The Morgan fingerprint density at radius 1 is 1.07 bits per heavy atom. The molecule has 0 radical (unpaired) electrons. The Bertz CT molecular complexity index is 1050. The van der Waals surface area contributed by atoms with Gasteiger partial charge in [-0.05, 0) is 30.0 Å². The molecule has 0 spiro atoms. The monoisotopic (exact) mass is 389 g/mol. The van der Waals surface area contributed by atoms with Gasteiger partial charge in [0, 0.05) is 11.5 Å². The smallest absolute Gasteiger partial charge is 0.456 e. The zero-order valence-electron chi connectivity index (χ0n) is 14.4. The molecule has 2 heterocycles. The van der Waals surface area contributed by atoms with Crippen molar-refractivity contribution >= 4 is 5.78 Å². The lowest BCUT2D eigenvalue weighted by molar-refractivity contribution is -0.600. The minimum atomic E-state index is -5.29. The standard InChI is InChI=1S/C19H14F3N3O3/c20-19(21,22)15(26)14-16(24-10-5-2-6-11-24)23-18(28)25(17(14)27)12-9-13-7-3-1-4-8-13/h1-8,10-11H,9,12H2. The number of rotatable bonds is 5. The Morgan fingerprint density at radius 3 is 2.29 bits per heavy atom. The van der Waals surface area contributed by atoms with E-state index in [-0.39, 0.29) is 13.0 Å². The first-order valence-electron chi connectivity index (χ1n) is 8.23. The van der Waals surface area contributed by atoms with Gasteiger partial charge in [-0.2, -0.15) is 13.2 Å². The summed E-state index contributed by atoms with van der Waals surface area (Å²) in [6.07, 6.45) is -2.48. The van der Waals surface area contributed by atoms with Gasteiger partial charge in [0.1, 0.15) is 5.56 Å². The van der Waals surface area contributed by atoms with Crippen LogP contribution in [0, 0.1) is 0 Å². The molecular formula is C19H14F3N3O3. The van der Waals surface area contributed by atoms with E-state index in [1.54, 1.807) is 36.4 Å². The Hall–Kier alpha value is -3.49. The first-order valence-corrected chi connectivity index (χ1v) is 8.23. The number of hydrogen-bond donors (Lipinski definition) is 0. The van der Waals surface area contributed by atoms with Crippen LogP contribution in [0.5, 0.6) is 5.88 Å². The van der Waals surface area contributed by atoms with Crippen LogP contribution >= 0.6 is 0 Å². The number of carbonyl (C=O) groups is 1. The second-order valence-electron chi connectivity index (χ2n) is 5.90. The van der Waals surface area contributed by atoms with Crippen LogP contribution in [0.2, 0.25) is 0 Å². The van der Waals surface area contributed by atoms with Crippen LogP contribution in [0.1, 0.15) is 15.9 Å². The van der Waals surface area contributed by atoms with Gasteiger partial charge in [-0.3, -0.25) is 9.36 Å². The maximum atomic E-state index is 13.1. The van der Waals surface area contributed by atoms with Gasteiger partial charge in [0.25, 0.3) is 5.78 Å². The van der Waals surface area contributed by atoms with Gasteiger partial charge < -0.3 is 5.11 Å². The quantitative estimate of drug-likeness (QED) is 0.490. The Balaban J connectivity index is 2.13. The summed E-state index contributed by atoms with van der Waals surface area (Å²) in [5.74, 6) is -4.30. The second kappa shape index (κ2) is 7.63. The fraction of sp³-hybridized carbons (Fsp3) is 0.158. The number of ketones is 1. The molecule has 0 atom stereocenters. The Labute approximate surface area is 157 Å². The number of halogens is 3. The summed E-state index contributed by atoms with van der Waals surface area (Å²) in [6, 6.07) is 13.3. The lowest BCUT2D eigenvalue weighted by Crippen LogP contribution is -2.41. The van der Waals surface area contributed by atoms with Crippen LogP contribution in [0.25, 0.3) is 5.82 Å². The fourth-order valence-electron chi connectivity index (χ4n) is 2.67. The van der Waals surface area contributed by atoms with Crippen molar-refractivity contribution in [1.82, 2.24) is 9.55 Å². The number of aromatic nitrogens is 3. The molecule has 28 heavy (non-hydrogen) atoms. The summed E-state index contributed by atoms with van der Waals surface area (Å²) in [6.45, 7) is -0.202. The van der Waals surface area contributed by atoms with Gasteiger partial charge >= 0.3 is 17.7 Å². The van der Waals surface area contributed by atoms with Gasteiger partial charge in [0.05, 0.1) is 12.4 Å². The number of nitrogens with zero attached hydrogens (tertiary/aromatic N) is 3. The summed E-state index contributed by atoms with van der Waals surface area (Å²) in [7, 11) is 0. The average molecular weight is 389 g/mol. The molecule has 0 saturated carbocycles. The number of benzene rings is 1. The molecule has 0 aliphatic heterocycles. The van der Waals surface area contributed by atoms with Gasteiger partial charge in [-0.15, -0.1) is 0 Å². The molecule has 144 valence electrons. The zero-order chi connectivity index (χ0) is 20.3.